The van der Waals surface area contributed by atoms with Crippen LogP contribution in [0.4, 0.5) is 34.1 Å². The van der Waals surface area contributed by atoms with Gasteiger partial charge in [0.1, 0.15) is 0 Å². The van der Waals surface area contributed by atoms with Gasteiger partial charge in [-0.2, -0.15) is 0 Å². The van der Waals surface area contributed by atoms with E-state index in [2.05, 4.69) is 197 Å². The molecule has 0 atom stereocenters. The summed E-state index contributed by atoms with van der Waals surface area (Å²) in [6.45, 7) is -0.00634. The molecule has 0 N–H and O–H groups in total. The molecule has 3 heterocycles. The molecule has 0 amide bonds. The van der Waals surface area contributed by atoms with Gasteiger partial charge in [-0.1, -0.05) is 97.1 Å². The summed E-state index contributed by atoms with van der Waals surface area (Å²) in [6, 6.07) is 67.5. The monoisotopic (exact) mass is 697 g/mol. The molecule has 3 nitrogen and oxygen atoms in total. The standard InChI is InChI=1S/C51H32BN3/c1-3-15-43(16-4-1)54-47-29-40-25-36-13-9-7-11-34(36)23-38(40)27-45(47)52-46-28-39-24-35-12-8-10-14-37(35)26-41(39)30-48(46)55(44-17-5-2-6-18-44)50-32-42(31-49(54)51(50)52)33-19-21-53-22-20-33/h1-32H. The lowest BCUT2D eigenvalue weighted by molar-refractivity contribution is 1.26. The summed E-state index contributed by atoms with van der Waals surface area (Å²) < 4.78 is 0. The summed E-state index contributed by atoms with van der Waals surface area (Å²) in [5.41, 5.74) is 13.3. The lowest BCUT2D eigenvalue weighted by atomic mass is 9.33. The molecule has 9 aromatic carbocycles. The second-order valence-corrected chi connectivity index (χ2v) is 14.9. The van der Waals surface area contributed by atoms with E-state index in [4.69, 9.17) is 0 Å². The first-order valence-electron chi connectivity index (χ1n) is 19.0. The molecule has 2 aliphatic heterocycles. The Morgan fingerprint density at radius 3 is 1.16 bits per heavy atom. The molecule has 0 radical (unpaired) electrons. The maximum atomic E-state index is 4.39. The molecule has 0 saturated carbocycles. The van der Waals surface area contributed by atoms with Crippen LogP contribution in [0.2, 0.25) is 0 Å². The van der Waals surface area contributed by atoms with Crippen molar-refractivity contribution in [3.63, 3.8) is 0 Å². The van der Waals surface area contributed by atoms with E-state index >= 15 is 0 Å². The van der Waals surface area contributed by atoms with Crippen molar-refractivity contribution < 1.29 is 0 Å². The topological polar surface area (TPSA) is 19.4 Å². The third-order valence-electron chi connectivity index (χ3n) is 11.8. The highest BCUT2D eigenvalue weighted by Gasteiger charge is 2.44. The number of rotatable bonds is 3. The van der Waals surface area contributed by atoms with Gasteiger partial charge in [0.15, 0.2) is 0 Å². The Morgan fingerprint density at radius 2 is 0.727 bits per heavy atom. The van der Waals surface area contributed by atoms with Crippen molar-refractivity contribution >= 4 is 100 Å². The van der Waals surface area contributed by atoms with E-state index in [1.54, 1.807) is 0 Å². The normalized spacial score (nSPS) is 13.0. The molecule has 254 valence electrons. The summed E-state index contributed by atoms with van der Waals surface area (Å²) in [5.74, 6) is 0. The van der Waals surface area contributed by atoms with E-state index in [0.717, 1.165) is 22.5 Å². The van der Waals surface area contributed by atoms with E-state index in [1.165, 1.54) is 82.2 Å². The first kappa shape index (κ1) is 30.3. The number of pyridine rings is 1. The van der Waals surface area contributed by atoms with Gasteiger partial charge in [-0.3, -0.25) is 4.98 Å². The SMILES string of the molecule is c1ccc(N2c3cc4cc5ccccc5cc4cc3B3c4cc5cc6ccccc6cc5cc4N(c4ccccc4)c4cc(-c5ccncc5)cc2c43)cc1. The number of nitrogens with zero attached hydrogens (tertiary/aromatic N) is 3. The summed E-state index contributed by atoms with van der Waals surface area (Å²) in [7, 11) is 0. The van der Waals surface area contributed by atoms with Crippen molar-refractivity contribution in [3.8, 4) is 11.1 Å². The smallest absolute Gasteiger partial charge is 0.252 e. The Hall–Kier alpha value is -7.17. The zero-order valence-corrected chi connectivity index (χ0v) is 29.9. The van der Waals surface area contributed by atoms with Gasteiger partial charge in [0.05, 0.1) is 0 Å². The minimum Gasteiger partial charge on any atom is -0.311 e. The summed E-state index contributed by atoms with van der Waals surface area (Å²) >= 11 is 0. The van der Waals surface area contributed by atoms with Crippen molar-refractivity contribution in [3.05, 3.63) is 194 Å². The van der Waals surface area contributed by atoms with Crippen molar-refractivity contribution in [2.24, 2.45) is 0 Å². The molecular weight excluding hydrogens is 665 g/mol. The highest BCUT2D eigenvalue weighted by atomic mass is 15.2. The average Bonchev–Trinajstić information content (AvgIpc) is 3.24. The van der Waals surface area contributed by atoms with E-state index in [1.807, 2.05) is 12.4 Å². The van der Waals surface area contributed by atoms with Crippen LogP contribution >= 0.6 is 0 Å². The molecule has 4 heteroatoms. The Bertz CT molecular complexity index is 2970. The van der Waals surface area contributed by atoms with Crippen molar-refractivity contribution in [1.82, 2.24) is 4.98 Å². The van der Waals surface area contributed by atoms with Gasteiger partial charge < -0.3 is 9.80 Å². The minimum absolute atomic E-state index is 0.00634. The van der Waals surface area contributed by atoms with Crippen LogP contribution in [0.1, 0.15) is 0 Å². The number of hydrogen-bond acceptors (Lipinski definition) is 3. The van der Waals surface area contributed by atoms with Crippen LogP contribution in [-0.2, 0) is 0 Å². The van der Waals surface area contributed by atoms with E-state index in [9.17, 15) is 0 Å². The first-order valence-corrected chi connectivity index (χ1v) is 19.0. The number of benzene rings is 9. The van der Waals surface area contributed by atoms with Gasteiger partial charge in [0.2, 0.25) is 0 Å². The lowest BCUT2D eigenvalue weighted by Gasteiger charge is -2.44. The van der Waals surface area contributed by atoms with Crippen LogP contribution in [0, 0.1) is 0 Å². The summed E-state index contributed by atoms with van der Waals surface area (Å²) in [6.07, 6.45) is 3.79. The zero-order chi connectivity index (χ0) is 36.0. The van der Waals surface area contributed by atoms with Crippen molar-refractivity contribution in [2.75, 3.05) is 9.80 Å². The Labute approximate surface area is 319 Å². The second-order valence-electron chi connectivity index (χ2n) is 14.9. The molecule has 10 aromatic rings. The minimum atomic E-state index is -0.00634. The van der Waals surface area contributed by atoms with E-state index in [-0.39, 0.29) is 6.71 Å². The number of para-hydroxylation sites is 2. The fourth-order valence-corrected chi connectivity index (χ4v) is 9.29. The zero-order valence-electron chi connectivity index (χ0n) is 29.9. The Morgan fingerprint density at radius 1 is 0.327 bits per heavy atom. The highest BCUT2D eigenvalue weighted by molar-refractivity contribution is 7.00. The molecule has 2 aliphatic rings. The predicted octanol–water partition coefficient (Wildman–Crippen LogP) is 11.4. The number of aromatic nitrogens is 1. The van der Waals surface area contributed by atoms with Gasteiger partial charge in [-0.05, 0) is 156 Å². The van der Waals surface area contributed by atoms with Crippen LogP contribution in [0.5, 0.6) is 0 Å². The van der Waals surface area contributed by atoms with Crippen LogP contribution in [0.25, 0.3) is 54.2 Å². The van der Waals surface area contributed by atoms with Gasteiger partial charge in [0, 0.05) is 46.5 Å². The van der Waals surface area contributed by atoms with E-state index < -0.39 is 0 Å². The largest absolute Gasteiger partial charge is 0.311 e. The second kappa shape index (κ2) is 11.7. The van der Waals surface area contributed by atoms with E-state index in [0.29, 0.717) is 0 Å². The molecule has 0 bridgehead atoms. The molecule has 0 fully saturated rings. The van der Waals surface area contributed by atoms with Gasteiger partial charge >= 0.3 is 0 Å². The van der Waals surface area contributed by atoms with Gasteiger partial charge in [-0.15, -0.1) is 0 Å². The molecule has 0 aliphatic carbocycles. The van der Waals surface area contributed by atoms with Crippen LogP contribution in [0.15, 0.2) is 194 Å². The fraction of sp³-hybridized carbons (Fsp3) is 0. The number of anilines is 6. The maximum Gasteiger partial charge on any atom is 0.252 e. The number of hydrogen-bond donors (Lipinski definition) is 0. The molecule has 0 unspecified atom stereocenters. The van der Waals surface area contributed by atoms with Crippen LogP contribution < -0.4 is 26.2 Å². The van der Waals surface area contributed by atoms with Crippen molar-refractivity contribution in [2.45, 2.75) is 0 Å². The fourth-order valence-electron chi connectivity index (χ4n) is 9.29. The van der Waals surface area contributed by atoms with Crippen molar-refractivity contribution in [1.29, 1.82) is 0 Å². The van der Waals surface area contributed by atoms with Gasteiger partial charge in [-0.25, -0.2) is 0 Å². The lowest BCUT2D eigenvalue weighted by Crippen LogP contribution is -2.61. The Balaban J connectivity index is 1.25. The molecule has 0 spiro atoms. The maximum absolute atomic E-state index is 4.39. The third kappa shape index (κ3) is 4.61. The van der Waals surface area contributed by atoms with Crippen LogP contribution in [0.3, 0.4) is 0 Å². The molecular formula is C51H32BN3. The third-order valence-corrected chi connectivity index (χ3v) is 11.8. The predicted molar refractivity (Wildman–Crippen MR) is 234 cm³/mol. The Kier molecular flexibility index (Phi) is 6.43. The molecule has 1 aromatic heterocycles. The summed E-state index contributed by atoms with van der Waals surface area (Å²) in [4.78, 5) is 9.40. The van der Waals surface area contributed by atoms with Crippen LogP contribution in [-0.4, -0.2) is 11.7 Å². The quantitative estimate of drug-likeness (QED) is 0.135. The number of fused-ring (bicyclic) bond motifs is 8. The highest BCUT2D eigenvalue weighted by Crippen LogP contribution is 2.47. The molecule has 55 heavy (non-hydrogen) atoms. The molecule has 0 saturated heterocycles. The average molecular weight is 698 g/mol. The summed E-state index contributed by atoms with van der Waals surface area (Å²) in [5, 5.41) is 9.99. The molecule has 12 rings (SSSR count). The first-order chi connectivity index (χ1) is 27.2. The van der Waals surface area contributed by atoms with Gasteiger partial charge in [0.25, 0.3) is 6.71 Å².